The van der Waals surface area contributed by atoms with E-state index in [4.69, 9.17) is 0 Å². The van der Waals surface area contributed by atoms with E-state index in [2.05, 4.69) is 0 Å². The maximum Gasteiger partial charge on any atom is 0.115 e. The van der Waals surface area contributed by atoms with Crippen LogP contribution in [0.3, 0.4) is 0 Å². The first-order valence-electron chi connectivity index (χ1n) is 2.75. The van der Waals surface area contributed by atoms with Crippen LogP contribution in [0.1, 0.15) is 5.56 Å². The van der Waals surface area contributed by atoms with E-state index in [0.717, 1.165) is 12.1 Å². The van der Waals surface area contributed by atoms with Crippen molar-refractivity contribution >= 4 is 0 Å². The number of hydrogen-bond acceptors (Lipinski definition) is 1. The van der Waals surface area contributed by atoms with Gasteiger partial charge in [-0.25, -0.2) is 8.78 Å². The Morgan fingerprint density at radius 1 is 1.40 bits per heavy atom. The van der Waals surface area contributed by atoms with Gasteiger partial charge in [-0.2, -0.15) is 0 Å². The molecule has 0 unspecified atom stereocenters. The molecule has 0 bridgehead atoms. The van der Waals surface area contributed by atoms with Gasteiger partial charge in [0.15, 0.2) is 0 Å². The van der Waals surface area contributed by atoms with Gasteiger partial charge in [0.05, 0.1) is 0 Å². The average Bonchev–Trinajstić information content (AvgIpc) is 1.95. The third kappa shape index (κ3) is 1.23. The summed E-state index contributed by atoms with van der Waals surface area (Å²) >= 11 is 0. The van der Waals surface area contributed by atoms with Crippen molar-refractivity contribution in [1.82, 2.24) is 0 Å². The van der Waals surface area contributed by atoms with Crippen LogP contribution in [0.15, 0.2) is 18.2 Å². The smallest absolute Gasteiger partial charge is 0.115 e. The van der Waals surface area contributed by atoms with Crippen LogP contribution >= 0.6 is 0 Å². The van der Waals surface area contributed by atoms with Gasteiger partial charge in [-0.15, -0.1) is 0 Å². The van der Waals surface area contributed by atoms with Crippen molar-refractivity contribution < 1.29 is 13.9 Å². The van der Waals surface area contributed by atoms with Crippen molar-refractivity contribution in [2.75, 3.05) is 0 Å². The summed E-state index contributed by atoms with van der Waals surface area (Å²) in [5.74, 6) is -1.59. The standard InChI is InChI=1S/C7H6F2O/c8-4-5-1-2-7(10)6(9)3-5/h1-3,10H,4H2/p-1. The highest BCUT2D eigenvalue weighted by atomic mass is 19.1. The van der Waals surface area contributed by atoms with E-state index in [-0.39, 0.29) is 5.56 Å². The van der Waals surface area contributed by atoms with Gasteiger partial charge in [0.2, 0.25) is 0 Å². The number of rotatable bonds is 1. The van der Waals surface area contributed by atoms with E-state index < -0.39 is 18.2 Å². The van der Waals surface area contributed by atoms with Crippen LogP contribution < -0.4 is 5.11 Å². The number of alkyl halides is 1. The van der Waals surface area contributed by atoms with Gasteiger partial charge in [0.1, 0.15) is 12.5 Å². The third-order valence-electron chi connectivity index (χ3n) is 1.15. The summed E-state index contributed by atoms with van der Waals surface area (Å²) in [6.45, 7) is -0.739. The normalized spacial score (nSPS) is 9.80. The molecule has 0 aliphatic rings. The van der Waals surface area contributed by atoms with Crippen LogP contribution in [0, 0.1) is 5.82 Å². The molecule has 0 saturated carbocycles. The van der Waals surface area contributed by atoms with Crippen molar-refractivity contribution in [3.8, 4) is 5.75 Å². The maximum absolute atomic E-state index is 12.3. The van der Waals surface area contributed by atoms with Gasteiger partial charge in [-0.05, 0) is 11.6 Å². The summed E-state index contributed by atoms with van der Waals surface area (Å²) in [6, 6.07) is 3.19. The van der Waals surface area contributed by atoms with Crippen LogP contribution in [0.2, 0.25) is 0 Å². The Hall–Kier alpha value is -1.12. The molecule has 0 aliphatic heterocycles. The van der Waals surface area contributed by atoms with Crippen molar-refractivity contribution in [3.63, 3.8) is 0 Å². The van der Waals surface area contributed by atoms with Crippen LogP contribution in [-0.2, 0) is 6.67 Å². The van der Waals surface area contributed by atoms with Gasteiger partial charge >= 0.3 is 0 Å². The molecule has 0 aliphatic carbocycles. The molecule has 0 heterocycles. The lowest BCUT2D eigenvalue weighted by molar-refractivity contribution is -0.272. The van der Waals surface area contributed by atoms with Crippen LogP contribution in [0.4, 0.5) is 8.78 Å². The molecular formula is C7H5F2O-. The summed E-state index contributed by atoms with van der Waals surface area (Å²) in [7, 11) is 0. The highest BCUT2D eigenvalue weighted by Crippen LogP contribution is 2.13. The molecule has 0 N–H and O–H groups in total. The molecule has 1 nitrogen and oxygen atoms in total. The minimum Gasteiger partial charge on any atom is -0.870 e. The fourth-order valence-electron chi connectivity index (χ4n) is 0.627. The van der Waals surface area contributed by atoms with E-state index in [0.29, 0.717) is 0 Å². The van der Waals surface area contributed by atoms with E-state index in [1.165, 1.54) is 6.07 Å². The van der Waals surface area contributed by atoms with Gasteiger partial charge < -0.3 is 5.11 Å². The molecule has 0 fully saturated rings. The van der Waals surface area contributed by atoms with Gasteiger partial charge in [0, 0.05) is 0 Å². The van der Waals surface area contributed by atoms with Crippen LogP contribution in [-0.4, -0.2) is 0 Å². The molecule has 10 heavy (non-hydrogen) atoms. The number of hydrogen-bond donors (Lipinski definition) is 0. The zero-order valence-corrected chi connectivity index (χ0v) is 5.10. The number of benzene rings is 1. The largest absolute Gasteiger partial charge is 0.870 e. The van der Waals surface area contributed by atoms with E-state index in [1.54, 1.807) is 0 Å². The molecule has 0 aromatic heterocycles. The zero-order chi connectivity index (χ0) is 7.56. The zero-order valence-electron chi connectivity index (χ0n) is 5.10. The fourth-order valence-corrected chi connectivity index (χ4v) is 0.627. The highest BCUT2D eigenvalue weighted by Gasteiger charge is 1.93. The minimum absolute atomic E-state index is 0.192. The second-order valence-electron chi connectivity index (χ2n) is 1.90. The van der Waals surface area contributed by atoms with Crippen LogP contribution in [0.5, 0.6) is 5.75 Å². The van der Waals surface area contributed by atoms with Crippen LogP contribution in [0.25, 0.3) is 0 Å². The summed E-state index contributed by atoms with van der Waals surface area (Å²) in [4.78, 5) is 0. The second kappa shape index (κ2) is 2.64. The Morgan fingerprint density at radius 3 is 2.60 bits per heavy atom. The second-order valence-corrected chi connectivity index (χ2v) is 1.90. The first-order valence-corrected chi connectivity index (χ1v) is 2.75. The first-order chi connectivity index (χ1) is 4.74. The highest BCUT2D eigenvalue weighted by molar-refractivity contribution is 5.26. The van der Waals surface area contributed by atoms with Gasteiger partial charge in [0.25, 0.3) is 0 Å². The predicted octanol–water partition coefficient (Wildman–Crippen LogP) is 1.37. The maximum atomic E-state index is 12.3. The Morgan fingerprint density at radius 2 is 2.10 bits per heavy atom. The Bertz CT molecular complexity index is 235. The summed E-state index contributed by atoms with van der Waals surface area (Å²) < 4.78 is 24.1. The molecule has 1 aromatic carbocycles. The van der Waals surface area contributed by atoms with Crippen molar-refractivity contribution in [2.24, 2.45) is 0 Å². The molecule has 1 rings (SSSR count). The molecule has 0 spiro atoms. The summed E-state index contributed by atoms with van der Waals surface area (Å²) in [6.07, 6.45) is 0. The topological polar surface area (TPSA) is 23.1 Å². The molecule has 54 valence electrons. The molecular weight excluding hydrogens is 138 g/mol. The molecule has 0 atom stereocenters. The lowest BCUT2D eigenvalue weighted by atomic mass is 10.2. The molecule has 3 heteroatoms. The SMILES string of the molecule is [O-]c1ccc(CF)cc1F. The van der Waals surface area contributed by atoms with Crippen molar-refractivity contribution in [1.29, 1.82) is 0 Å². The monoisotopic (exact) mass is 143 g/mol. The van der Waals surface area contributed by atoms with Gasteiger partial charge in [-0.3, -0.25) is 0 Å². The molecule has 1 aromatic rings. The average molecular weight is 143 g/mol. The lowest BCUT2D eigenvalue weighted by Crippen LogP contribution is -1.94. The Labute approximate surface area is 56.9 Å². The van der Waals surface area contributed by atoms with E-state index in [1.807, 2.05) is 0 Å². The Balaban J connectivity index is 3.04. The van der Waals surface area contributed by atoms with Gasteiger partial charge in [-0.1, -0.05) is 17.9 Å². The molecule has 0 amide bonds. The summed E-state index contributed by atoms with van der Waals surface area (Å²) in [5, 5.41) is 10.4. The third-order valence-corrected chi connectivity index (χ3v) is 1.15. The molecule has 0 radical (unpaired) electrons. The van der Waals surface area contributed by atoms with Crippen molar-refractivity contribution in [3.05, 3.63) is 29.6 Å². The quantitative estimate of drug-likeness (QED) is 0.582. The van der Waals surface area contributed by atoms with E-state index >= 15 is 0 Å². The fraction of sp³-hybridized carbons (Fsp3) is 0.143. The predicted molar refractivity (Wildman–Crippen MR) is 30.7 cm³/mol. The number of halogens is 2. The lowest BCUT2D eigenvalue weighted by Gasteiger charge is -2.05. The molecule has 0 saturated heterocycles. The van der Waals surface area contributed by atoms with Crippen molar-refractivity contribution in [2.45, 2.75) is 6.67 Å². The summed E-state index contributed by atoms with van der Waals surface area (Å²) in [5.41, 5.74) is 0.192. The van der Waals surface area contributed by atoms with E-state index in [9.17, 15) is 13.9 Å². The Kier molecular flexibility index (Phi) is 1.85. The minimum atomic E-state index is -0.893. The first kappa shape index (κ1) is 6.99.